The van der Waals surface area contributed by atoms with Crippen LogP contribution >= 0.6 is 11.3 Å². The Labute approximate surface area is 178 Å². The Morgan fingerprint density at radius 1 is 1.07 bits per heavy atom. The number of hydrogen-bond acceptors (Lipinski definition) is 8. The molecule has 3 heterocycles. The monoisotopic (exact) mass is 426 g/mol. The molecule has 7 nitrogen and oxygen atoms in total. The molecule has 2 N–H and O–H groups in total. The highest BCUT2D eigenvalue weighted by molar-refractivity contribution is 7.14. The van der Waals surface area contributed by atoms with Crippen molar-refractivity contribution >= 4 is 17.2 Å². The predicted molar refractivity (Wildman–Crippen MR) is 114 cm³/mol. The van der Waals surface area contributed by atoms with Gasteiger partial charge in [0.25, 0.3) is 0 Å². The lowest BCUT2D eigenvalue weighted by Gasteiger charge is -2.29. The van der Waals surface area contributed by atoms with E-state index in [-0.39, 0.29) is 11.3 Å². The number of nitrogens with one attached hydrogen (secondary N) is 1. The Balaban J connectivity index is 1.32. The second kappa shape index (κ2) is 7.88. The molecule has 1 saturated heterocycles. The zero-order valence-electron chi connectivity index (χ0n) is 16.7. The highest BCUT2D eigenvalue weighted by Crippen LogP contribution is 2.36. The minimum absolute atomic E-state index is 0.0627. The van der Waals surface area contributed by atoms with Gasteiger partial charge in [-0.2, -0.15) is 0 Å². The molecule has 0 radical (unpaired) electrons. The van der Waals surface area contributed by atoms with Gasteiger partial charge in [-0.3, -0.25) is 0 Å². The summed E-state index contributed by atoms with van der Waals surface area (Å²) >= 11 is 1.28. The summed E-state index contributed by atoms with van der Waals surface area (Å²) in [5, 5.41) is 31.8. The fraction of sp³-hybridized carbons (Fsp3) is 0.429. The molecule has 0 bridgehead atoms. The first kappa shape index (κ1) is 19.3. The highest BCUT2D eigenvalue weighted by atomic mass is 32.1. The fourth-order valence-corrected chi connectivity index (χ4v) is 4.70. The first-order chi connectivity index (χ1) is 14.6. The molecule has 1 atom stereocenters. The zero-order valence-corrected chi connectivity index (χ0v) is 17.5. The Bertz CT molecular complexity index is 1050. The standard InChI is InChI=1S/C21H23FN6OS/c1-12-24-27-21(30-12)15-10-19(29)16(9-17(15)22)18-5-6-20(26-25-18)28-8-7-14(11-28)23-13-3-2-4-13/h5-6,9-10,13-14,23,29H,2-4,7-8,11H2,1H3. The van der Waals surface area contributed by atoms with E-state index in [1.54, 1.807) is 13.0 Å². The number of rotatable bonds is 5. The normalized spacial score (nSPS) is 19.3. The number of phenolic OH excluding ortho intramolecular Hbond substituents is 1. The van der Waals surface area contributed by atoms with E-state index in [2.05, 4.69) is 30.6 Å². The van der Waals surface area contributed by atoms with Crippen LogP contribution in [0.2, 0.25) is 0 Å². The van der Waals surface area contributed by atoms with E-state index >= 15 is 0 Å². The summed E-state index contributed by atoms with van der Waals surface area (Å²) in [7, 11) is 0. The largest absolute Gasteiger partial charge is 0.507 e. The van der Waals surface area contributed by atoms with Crippen LogP contribution in [-0.2, 0) is 0 Å². The van der Waals surface area contributed by atoms with Gasteiger partial charge in [0.05, 0.1) is 11.3 Å². The number of aryl methyl sites for hydroxylation is 1. The zero-order chi connectivity index (χ0) is 20.7. The van der Waals surface area contributed by atoms with Crippen LogP contribution in [0.25, 0.3) is 21.8 Å². The Morgan fingerprint density at radius 3 is 2.60 bits per heavy atom. The maximum atomic E-state index is 14.7. The van der Waals surface area contributed by atoms with Crippen LogP contribution in [0.1, 0.15) is 30.7 Å². The summed E-state index contributed by atoms with van der Waals surface area (Å²) in [6, 6.07) is 7.47. The molecule has 9 heteroatoms. The third-order valence-corrected chi connectivity index (χ3v) is 6.73. The lowest BCUT2D eigenvalue weighted by molar-refractivity contribution is 0.311. The average Bonchev–Trinajstić information content (AvgIpc) is 3.35. The van der Waals surface area contributed by atoms with Gasteiger partial charge in [-0.05, 0) is 50.5 Å². The van der Waals surface area contributed by atoms with Gasteiger partial charge in [0, 0.05) is 30.7 Å². The number of anilines is 1. The van der Waals surface area contributed by atoms with Crippen LogP contribution < -0.4 is 10.2 Å². The van der Waals surface area contributed by atoms with Crippen LogP contribution in [0.15, 0.2) is 24.3 Å². The smallest absolute Gasteiger partial charge is 0.151 e. The predicted octanol–water partition coefficient (Wildman–Crippen LogP) is 3.54. The van der Waals surface area contributed by atoms with E-state index in [1.807, 2.05) is 6.07 Å². The van der Waals surface area contributed by atoms with Gasteiger partial charge >= 0.3 is 0 Å². The number of aromatic hydroxyl groups is 1. The maximum Gasteiger partial charge on any atom is 0.151 e. The van der Waals surface area contributed by atoms with Crippen LogP contribution in [0.4, 0.5) is 10.2 Å². The van der Waals surface area contributed by atoms with E-state index in [1.165, 1.54) is 42.7 Å². The van der Waals surface area contributed by atoms with Gasteiger partial charge in [0.15, 0.2) is 10.8 Å². The molecule has 1 saturated carbocycles. The van der Waals surface area contributed by atoms with Crippen molar-refractivity contribution in [1.82, 2.24) is 25.7 Å². The molecular formula is C21H23FN6OS. The summed E-state index contributed by atoms with van der Waals surface area (Å²) in [4.78, 5) is 2.22. The SMILES string of the molecule is Cc1nnc(-c2cc(O)c(-c3ccc(N4CCC(NC5CCC5)C4)nn3)cc2F)s1. The van der Waals surface area contributed by atoms with Crippen molar-refractivity contribution in [1.29, 1.82) is 0 Å². The fourth-order valence-electron chi connectivity index (χ4n) is 3.99. The van der Waals surface area contributed by atoms with Crippen molar-refractivity contribution in [3.8, 4) is 27.6 Å². The lowest BCUT2D eigenvalue weighted by atomic mass is 9.92. The highest BCUT2D eigenvalue weighted by Gasteiger charge is 2.28. The Hall–Kier alpha value is -2.65. The van der Waals surface area contributed by atoms with Gasteiger partial charge in [0.1, 0.15) is 16.6 Å². The molecule has 1 aromatic carbocycles. The molecule has 2 fully saturated rings. The second-order valence-electron chi connectivity index (χ2n) is 7.98. The van der Waals surface area contributed by atoms with E-state index in [9.17, 15) is 9.50 Å². The molecule has 2 aliphatic rings. The van der Waals surface area contributed by atoms with Crippen molar-refractivity contribution in [2.75, 3.05) is 18.0 Å². The molecule has 1 unspecified atom stereocenters. The molecule has 30 heavy (non-hydrogen) atoms. The van der Waals surface area contributed by atoms with Crippen molar-refractivity contribution in [2.24, 2.45) is 0 Å². The lowest BCUT2D eigenvalue weighted by Crippen LogP contribution is -2.43. The number of halogens is 1. The minimum Gasteiger partial charge on any atom is -0.507 e. The van der Waals surface area contributed by atoms with Crippen LogP contribution in [-0.4, -0.2) is 50.7 Å². The summed E-state index contributed by atoms with van der Waals surface area (Å²) in [6.07, 6.45) is 4.99. The summed E-state index contributed by atoms with van der Waals surface area (Å²) < 4.78 is 14.7. The minimum atomic E-state index is -0.478. The molecule has 0 amide bonds. The quantitative estimate of drug-likeness (QED) is 0.645. The first-order valence-electron chi connectivity index (χ1n) is 10.2. The van der Waals surface area contributed by atoms with Gasteiger partial charge in [-0.15, -0.1) is 20.4 Å². The summed E-state index contributed by atoms with van der Waals surface area (Å²) in [5.41, 5.74) is 0.967. The molecule has 5 rings (SSSR count). The van der Waals surface area contributed by atoms with Gasteiger partial charge in [-0.25, -0.2) is 4.39 Å². The van der Waals surface area contributed by atoms with Gasteiger partial charge in [0.2, 0.25) is 0 Å². The Morgan fingerprint density at radius 2 is 1.93 bits per heavy atom. The van der Waals surface area contributed by atoms with Crippen LogP contribution in [0.3, 0.4) is 0 Å². The average molecular weight is 427 g/mol. The third kappa shape index (κ3) is 3.75. The van der Waals surface area contributed by atoms with Crippen molar-refractivity contribution < 1.29 is 9.50 Å². The number of benzene rings is 1. The number of hydrogen-bond donors (Lipinski definition) is 2. The molecular weight excluding hydrogens is 403 g/mol. The van der Waals surface area contributed by atoms with Crippen molar-refractivity contribution in [2.45, 2.75) is 44.7 Å². The molecule has 1 aliphatic heterocycles. The van der Waals surface area contributed by atoms with Crippen molar-refractivity contribution in [3.63, 3.8) is 0 Å². The molecule has 3 aromatic rings. The van der Waals surface area contributed by atoms with E-state index in [4.69, 9.17) is 0 Å². The van der Waals surface area contributed by atoms with Crippen LogP contribution in [0.5, 0.6) is 5.75 Å². The van der Waals surface area contributed by atoms with E-state index < -0.39 is 5.82 Å². The maximum absolute atomic E-state index is 14.7. The second-order valence-corrected chi connectivity index (χ2v) is 9.16. The van der Waals surface area contributed by atoms with Crippen LogP contribution in [0, 0.1) is 12.7 Å². The van der Waals surface area contributed by atoms with Gasteiger partial charge < -0.3 is 15.3 Å². The molecule has 1 aliphatic carbocycles. The molecule has 156 valence electrons. The topological polar surface area (TPSA) is 87.1 Å². The third-order valence-electron chi connectivity index (χ3n) is 5.86. The number of phenols is 1. The summed E-state index contributed by atoms with van der Waals surface area (Å²) in [5.74, 6) is 0.263. The van der Waals surface area contributed by atoms with Gasteiger partial charge in [-0.1, -0.05) is 17.8 Å². The Kier molecular flexibility index (Phi) is 5.08. The molecule has 0 spiro atoms. The first-order valence-corrected chi connectivity index (χ1v) is 11.1. The van der Waals surface area contributed by atoms with E-state index in [0.29, 0.717) is 28.3 Å². The van der Waals surface area contributed by atoms with E-state index in [0.717, 1.165) is 30.3 Å². The molecule has 2 aromatic heterocycles. The number of nitrogens with zero attached hydrogens (tertiary/aromatic N) is 5. The van der Waals surface area contributed by atoms with Crippen molar-refractivity contribution in [3.05, 3.63) is 35.1 Å². The summed E-state index contributed by atoms with van der Waals surface area (Å²) in [6.45, 7) is 3.66. The number of aromatic nitrogens is 4.